The van der Waals surface area contributed by atoms with Crippen molar-refractivity contribution in [2.24, 2.45) is 0 Å². The lowest BCUT2D eigenvalue weighted by Crippen LogP contribution is -2.37. The second kappa shape index (κ2) is 6.58. The molecule has 3 nitrogen and oxygen atoms in total. The molecular formula is C8H19NO2. The first kappa shape index (κ1) is 10.9. The smallest absolute Gasteiger partial charge is 0.0582 e. The summed E-state index contributed by atoms with van der Waals surface area (Å²) in [6, 6.07) is 0.596. The number of hydrogen-bond acceptors (Lipinski definition) is 3. The van der Waals surface area contributed by atoms with E-state index in [4.69, 9.17) is 9.84 Å². The van der Waals surface area contributed by atoms with E-state index in [1.807, 2.05) is 6.92 Å². The highest BCUT2D eigenvalue weighted by molar-refractivity contribution is 4.65. The highest BCUT2D eigenvalue weighted by Gasteiger charge is 2.04. The highest BCUT2D eigenvalue weighted by atomic mass is 16.5. The predicted molar refractivity (Wildman–Crippen MR) is 45.6 cm³/mol. The van der Waals surface area contributed by atoms with Gasteiger partial charge in [-0.3, -0.25) is 0 Å². The molecule has 0 saturated carbocycles. The molecular weight excluding hydrogens is 142 g/mol. The molecule has 0 aromatic rings. The molecule has 1 unspecified atom stereocenters. The third-order valence-electron chi connectivity index (χ3n) is 1.60. The monoisotopic (exact) mass is 161 g/mol. The summed E-state index contributed by atoms with van der Waals surface area (Å²) in [4.78, 5) is 0. The van der Waals surface area contributed by atoms with Gasteiger partial charge in [0.15, 0.2) is 0 Å². The van der Waals surface area contributed by atoms with Gasteiger partial charge < -0.3 is 15.2 Å². The summed E-state index contributed by atoms with van der Waals surface area (Å²) in [7, 11) is 1.70. The average molecular weight is 161 g/mol. The predicted octanol–water partition coefficient (Wildman–Crippen LogP) is 0.382. The fraction of sp³-hybridized carbons (Fsp3) is 1.00. The first-order chi connectivity index (χ1) is 5.20. The van der Waals surface area contributed by atoms with Gasteiger partial charge in [-0.2, -0.15) is 0 Å². The van der Waals surface area contributed by atoms with Crippen LogP contribution >= 0.6 is 0 Å². The zero-order valence-electron chi connectivity index (χ0n) is 7.63. The van der Waals surface area contributed by atoms with E-state index in [1.165, 1.54) is 0 Å². The van der Waals surface area contributed by atoms with Crippen molar-refractivity contribution in [1.29, 1.82) is 0 Å². The zero-order chi connectivity index (χ0) is 8.69. The van der Waals surface area contributed by atoms with Crippen molar-refractivity contribution >= 4 is 0 Å². The standard InChI is InChI=1S/C8H19NO2/c1-7(4-5-11-3)9-8(2)6-10/h7-10H,4-6H2,1-3H3/t7?,8-/m0/s1. The zero-order valence-corrected chi connectivity index (χ0v) is 7.63. The van der Waals surface area contributed by atoms with Crippen LogP contribution in [0.15, 0.2) is 0 Å². The number of rotatable bonds is 6. The van der Waals surface area contributed by atoms with Crippen LogP contribution in [0.3, 0.4) is 0 Å². The maximum Gasteiger partial charge on any atom is 0.0582 e. The van der Waals surface area contributed by atoms with Crippen molar-refractivity contribution in [3.63, 3.8) is 0 Å². The molecule has 0 amide bonds. The normalized spacial score (nSPS) is 16.4. The Balaban J connectivity index is 3.27. The van der Waals surface area contributed by atoms with Crippen LogP contribution in [0, 0.1) is 0 Å². The molecule has 0 heterocycles. The molecule has 0 aliphatic carbocycles. The molecule has 11 heavy (non-hydrogen) atoms. The number of aliphatic hydroxyl groups excluding tert-OH is 1. The van der Waals surface area contributed by atoms with Gasteiger partial charge in [0.05, 0.1) is 6.61 Å². The van der Waals surface area contributed by atoms with Crippen molar-refractivity contribution < 1.29 is 9.84 Å². The van der Waals surface area contributed by atoms with Crippen LogP contribution in [0.4, 0.5) is 0 Å². The lowest BCUT2D eigenvalue weighted by molar-refractivity contribution is 0.177. The first-order valence-corrected chi connectivity index (χ1v) is 4.06. The molecule has 68 valence electrons. The van der Waals surface area contributed by atoms with E-state index in [0.717, 1.165) is 13.0 Å². The number of nitrogens with one attached hydrogen (secondary N) is 1. The molecule has 0 aromatic heterocycles. The third kappa shape index (κ3) is 6.28. The van der Waals surface area contributed by atoms with Gasteiger partial charge in [-0.1, -0.05) is 0 Å². The Labute approximate surface area is 68.8 Å². The summed E-state index contributed by atoms with van der Waals surface area (Å²) < 4.78 is 4.93. The number of hydrogen-bond donors (Lipinski definition) is 2. The molecule has 2 atom stereocenters. The van der Waals surface area contributed by atoms with Crippen LogP contribution in [0.2, 0.25) is 0 Å². The first-order valence-electron chi connectivity index (χ1n) is 4.06. The summed E-state index contributed by atoms with van der Waals surface area (Å²) >= 11 is 0. The van der Waals surface area contributed by atoms with Gasteiger partial charge in [-0.15, -0.1) is 0 Å². The quantitative estimate of drug-likeness (QED) is 0.592. The fourth-order valence-corrected chi connectivity index (χ4v) is 0.916. The second-order valence-corrected chi connectivity index (χ2v) is 2.93. The van der Waals surface area contributed by atoms with E-state index >= 15 is 0 Å². The molecule has 0 bridgehead atoms. The van der Waals surface area contributed by atoms with Crippen molar-refractivity contribution in [2.45, 2.75) is 32.4 Å². The van der Waals surface area contributed by atoms with Crippen molar-refractivity contribution in [2.75, 3.05) is 20.3 Å². The van der Waals surface area contributed by atoms with Crippen LogP contribution in [0.1, 0.15) is 20.3 Å². The third-order valence-corrected chi connectivity index (χ3v) is 1.60. The molecule has 2 N–H and O–H groups in total. The van der Waals surface area contributed by atoms with Crippen LogP contribution in [-0.4, -0.2) is 37.5 Å². The minimum absolute atomic E-state index is 0.182. The van der Waals surface area contributed by atoms with Crippen molar-refractivity contribution in [3.8, 4) is 0 Å². The Hall–Kier alpha value is -0.120. The Kier molecular flexibility index (Phi) is 6.51. The summed E-state index contributed by atoms with van der Waals surface area (Å²) in [6.45, 7) is 5.01. The molecule has 0 rings (SSSR count). The van der Waals surface area contributed by atoms with Gasteiger partial charge in [0.2, 0.25) is 0 Å². The van der Waals surface area contributed by atoms with E-state index < -0.39 is 0 Å². The highest BCUT2D eigenvalue weighted by Crippen LogP contribution is 1.92. The lowest BCUT2D eigenvalue weighted by atomic mass is 10.2. The Bertz CT molecular complexity index is 88.2. The lowest BCUT2D eigenvalue weighted by Gasteiger charge is -2.17. The van der Waals surface area contributed by atoms with E-state index in [0.29, 0.717) is 6.04 Å². The average Bonchev–Trinajstić information content (AvgIpc) is 2.00. The van der Waals surface area contributed by atoms with E-state index in [-0.39, 0.29) is 12.6 Å². The maximum atomic E-state index is 8.72. The van der Waals surface area contributed by atoms with E-state index in [1.54, 1.807) is 7.11 Å². The maximum absolute atomic E-state index is 8.72. The molecule has 0 fully saturated rings. The fourth-order valence-electron chi connectivity index (χ4n) is 0.916. The van der Waals surface area contributed by atoms with Gasteiger partial charge in [0.1, 0.15) is 0 Å². The van der Waals surface area contributed by atoms with Gasteiger partial charge >= 0.3 is 0 Å². The van der Waals surface area contributed by atoms with E-state index in [9.17, 15) is 0 Å². The van der Waals surface area contributed by atoms with Crippen LogP contribution in [0.25, 0.3) is 0 Å². The largest absolute Gasteiger partial charge is 0.395 e. The Morgan fingerprint density at radius 3 is 2.45 bits per heavy atom. The number of ether oxygens (including phenoxy) is 1. The topological polar surface area (TPSA) is 41.5 Å². The van der Waals surface area contributed by atoms with Crippen LogP contribution in [-0.2, 0) is 4.74 Å². The van der Waals surface area contributed by atoms with Gasteiger partial charge in [-0.05, 0) is 20.3 Å². The van der Waals surface area contributed by atoms with Crippen molar-refractivity contribution in [1.82, 2.24) is 5.32 Å². The minimum atomic E-state index is 0.182. The molecule has 0 radical (unpaired) electrons. The second-order valence-electron chi connectivity index (χ2n) is 2.93. The Morgan fingerprint density at radius 2 is 2.00 bits per heavy atom. The molecule has 0 saturated heterocycles. The molecule has 0 aromatic carbocycles. The van der Waals surface area contributed by atoms with Crippen LogP contribution < -0.4 is 5.32 Å². The van der Waals surface area contributed by atoms with Gasteiger partial charge in [0.25, 0.3) is 0 Å². The summed E-state index contributed by atoms with van der Waals surface area (Å²) in [5.41, 5.74) is 0. The van der Waals surface area contributed by atoms with Crippen molar-refractivity contribution in [3.05, 3.63) is 0 Å². The summed E-state index contributed by atoms with van der Waals surface area (Å²) in [6.07, 6.45) is 0.987. The van der Waals surface area contributed by atoms with E-state index in [2.05, 4.69) is 12.2 Å². The molecule has 0 aliphatic heterocycles. The summed E-state index contributed by atoms with van der Waals surface area (Å²) in [5.74, 6) is 0. The molecule has 0 aliphatic rings. The molecule has 3 heteroatoms. The van der Waals surface area contributed by atoms with Crippen LogP contribution in [0.5, 0.6) is 0 Å². The van der Waals surface area contributed by atoms with Gasteiger partial charge in [0, 0.05) is 25.8 Å². The number of aliphatic hydroxyl groups is 1. The summed E-state index contributed by atoms with van der Waals surface area (Å²) in [5, 5.41) is 11.9. The number of methoxy groups -OCH3 is 1. The SMILES string of the molecule is COCCC(C)N[C@@H](C)CO. The van der Waals surface area contributed by atoms with Gasteiger partial charge in [-0.25, -0.2) is 0 Å². The Morgan fingerprint density at radius 1 is 1.36 bits per heavy atom. The molecule has 0 spiro atoms. The minimum Gasteiger partial charge on any atom is -0.395 e.